The van der Waals surface area contributed by atoms with Crippen molar-refractivity contribution in [3.05, 3.63) is 78.3 Å². The summed E-state index contributed by atoms with van der Waals surface area (Å²) in [5.74, 6) is 0.573. The molecule has 1 aliphatic rings. The predicted octanol–water partition coefficient (Wildman–Crippen LogP) is 3.03. The Morgan fingerprint density at radius 3 is 2.48 bits per heavy atom. The van der Waals surface area contributed by atoms with Crippen LogP contribution in [0.2, 0.25) is 0 Å². The van der Waals surface area contributed by atoms with Gasteiger partial charge in [-0.3, -0.25) is 9.59 Å². The topological polar surface area (TPSA) is 89.8 Å². The van der Waals surface area contributed by atoms with E-state index >= 15 is 0 Å². The molecule has 29 heavy (non-hydrogen) atoms. The van der Waals surface area contributed by atoms with Crippen molar-refractivity contribution >= 4 is 17.5 Å². The van der Waals surface area contributed by atoms with Gasteiger partial charge in [0.2, 0.25) is 5.91 Å². The van der Waals surface area contributed by atoms with Crippen molar-refractivity contribution in [3.63, 3.8) is 0 Å². The summed E-state index contributed by atoms with van der Waals surface area (Å²) in [5.41, 5.74) is 1.49. The number of anilines is 1. The lowest BCUT2D eigenvalue weighted by atomic mass is 10.0. The summed E-state index contributed by atoms with van der Waals surface area (Å²) in [4.78, 5) is 25.4. The number of hydrogen-bond donors (Lipinski definition) is 2. The molecule has 0 unspecified atom stereocenters. The van der Waals surface area contributed by atoms with Crippen molar-refractivity contribution in [2.45, 2.75) is 12.5 Å². The molecule has 148 valence electrons. The lowest BCUT2D eigenvalue weighted by Crippen LogP contribution is -2.45. The average Bonchev–Trinajstić information content (AvgIpc) is 3.29. The van der Waals surface area contributed by atoms with Gasteiger partial charge in [0, 0.05) is 18.2 Å². The predicted molar refractivity (Wildman–Crippen MR) is 106 cm³/mol. The Balaban J connectivity index is 1.51. The lowest BCUT2D eigenvalue weighted by Gasteiger charge is -2.21. The molecule has 0 radical (unpaired) electrons. The van der Waals surface area contributed by atoms with Crippen molar-refractivity contribution in [2.75, 3.05) is 18.5 Å². The van der Waals surface area contributed by atoms with Crippen LogP contribution in [0.4, 0.5) is 5.69 Å². The molecule has 3 aromatic rings. The first-order valence-electron chi connectivity index (χ1n) is 9.28. The van der Waals surface area contributed by atoms with Crippen molar-refractivity contribution < 1.29 is 23.5 Å². The number of carbonyl (C=O) groups is 2. The molecule has 7 heteroatoms. The van der Waals surface area contributed by atoms with E-state index in [1.54, 1.807) is 30.3 Å². The molecule has 1 atom stereocenters. The van der Waals surface area contributed by atoms with Gasteiger partial charge in [-0.15, -0.1) is 0 Å². The largest absolute Gasteiger partial charge is 0.486 e. The zero-order valence-electron chi connectivity index (χ0n) is 15.6. The van der Waals surface area contributed by atoms with Crippen LogP contribution in [0.3, 0.4) is 0 Å². The van der Waals surface area contributed by atoms with Gasteiger partial charge in [-0.1, -0.05) is 30.3 Å². The maximum absolute atomic E-state index is 13.0. The van der Waals surface area contributed by atoms with Crippen LogP contribution in [0.5, 0.6) is 11.5 Å². The van der Waals surface area contributed by atoms with E-state index < -0.39 is 11.9 Å². The Hall–Kier alpha value is -3.74. The molecule has 7 nitrogen and oxygen atoms in total. The molecular weight excluding hydrogens is 372 g/mol. The maximum Gasteiger partial charge on any atom is 0.287 e. The summed E-state index contributed by atoms with van der Waals surface area (Å²) in [7, 11) is 0. The van der Waals surface area contributed by atoms with Gasteiger partial charge in [0.15, 0.2) is 17.3 Å². The molecule has 2 heterocycles. The third kappa shape index (κ3) is 4.57. The number of rotatable bonds is 6. The monoisotopic (exact) mass is 392 g/mol. The van der Waals surface area contributed by atoms with Crippen LogP contribution in [0, 0.1) is 0 Å². The minimum absolute atomic E-state index is 0.148. The number of furan rings is 1. The van der Waals surface area contributed by atoms with E-state index in [1.807, 2.05) is 30.3 Å². The fourth-order valence-electron chi connectivity index (χ4n) is 3.05. The number of benzene rings is 2. The summed E-state index contributed by atoms with van der Waals surface area (Å²) in [6.45, 7) is 0.955. The van der Waals surface area contributed by atoms with Crippen LogP contribution in [-0.2, 0) is 11.2 Å². The van der Waals surface area contributed by atoms with E-state index in [9.17, 15) is 9.59 Å². The number of fused-ring (bicyclic) bond motifs is 1. The zero-order chi connectivity index (χ0) is 20.1. The molecular formula is C22H20N2O5. The molecule has 0 saturated carbocycles. The van der Waals surface area contributed by atoms with Gasteiger partial charge in [0.1, 0.15) is 19.3 Å². The zero-order valence-corrected chi connectivity index (χ0v) is 15.6. The second kappa shape index (κ2) is 8.52. The first kappa shape index (κ1) is 18.6. The van der Waals surface area contributed by atoms with Gasteiger partial charge >= 0.3 is 0 Å². The summed E-state index contributed by atoms with van der Waals surface area (Å²) >= 11 is 0. The van der Waals surface area contributed by atoms with Gasteiger partial charge in [-0.25, -0.2) is 0 Å². The number of carbonyl (C=O) groups excluding carboxylic acids is 2. The number of hydrogen-bond acceptors (Lipinski definition) is 5. The fourth-order valence-corrected chi connectivity index (χ4v) is 3.05. The Kier molecular flexibility index (Phi) is 5.47. The van der Waals surface area contributed by atoms with E-state index in [1.165, 1.54) is 6.26 Å². The van der Waals surface area contributed by atoms with Crippen LogP contribution in [0.15, 0.2) is 71.3 Å². The van der Waals surface area contributed by atoms with E-state index in [2.05, 4.69) is 10.6 Å². The van der Waals surface area contributed by atoms with E-state index in [0.717, 1.165) is 5.56 Å². The quantitative estimate of drug-likeness (QED) is 0.673. The van der Waals surface area contributed by atoms with Gasteiger partial charge in [-0.2, -0.15) is 0 Å². The van der Waals surface area contributed by atoms with Crippen LogP contribution < -0.4 is 20.1 Å². The Labute approximate surface area is 167 Å². The molecule has 0 bridgehead atoms. The Morgan fingerprint density at radius 2 is 1.72 bits per heavy atom. The number of amides is 2. The van der Waals surface area contributed by atoms with Gasteiger partial charge in [0.05, 0.1) is 6.26 Å². The first-order valence-corrected chi connectivity index (χ1v) is 9.28. The fraction of sp³-hybridized carbons (Fsp3) is 0.182. The lowest BCUT2D eigenvalue weighted by molar-refractivity contribution is -0.118. The summed E-state index contributed by atoms with van der Waals surface area (Å²) in [5, 5.41) is 5.59. The molecule has 1 aromatic heterocycles. The molecule has 0 saturated heterocycles. The molecule has 0 fully saturated rings. The minimum atomic E-state index is -0.789. The first-order chi connectivity index (χ1) is 14.2. The number of ether oxygens (including phenoxy) is 2. The van der Waals surface area contributed by atoms with Crippen molar-refractivity contribution in [2.24, 2.45) is 0 Å². The highest BCUT2D eigenvalue weighted by Crippen LogP contribution is 2.32. The Morgan fingerprint density at radius 1 is 0.931 bits per heavy atom. The van der Waals surface area contributed by atoms with E-state index in [0.29, 0.717) is 36.8 Å². The molecule has 2 N–H and O–H groups in total. The van der Waals surface area contributed by atoms with Gasteiger partial charge in [-0.05, 0) is 29.8 Å². The maximum atomic E-state index is 13.0. The third-order valence-corrected chi connectivity index (χ3v) is 4.46. The van der Waals surface area contributed by atoms with Crippen LogP contribution >= 0.6 is 0 Å². The molecule has 0 spiro atoms. The average molecular weight is 392 g/mol. The van der Waals surface area contributed by atoms with Crippen molar-refractivity contribution in [3.8, 4) is 11.5 Å². The Bertz CT molecular complexity index is 986. The minimum Gasteiger partial charge on any atom is -0.486 e. The molecule has 2 aromatic carbocycles. The normalized spacial score (nSPS) is 13.4. The summed E-state index contributed by atoms with van der Waals surface area (Å²) in [6, 6.07) is 17.1. The van der Waals surface area contributed by atoms with E-state index in [-0.39, 0.29) is 11.7 Å². The second-order valence-electron chi connectivity index (χ2n) is 6.54. The standard InChI is InChI=1S/C22H20N2O5/c25-21(23-16-8-9-18-20(14-16)29-12-11-28-18)17(13-15-5-2-1-3-6-15)24-22(26)19-7-4-10-27-19/h1-10,14,17H,11-13H2,(H,23,25)(H,24,26)/t17-/m1/s1. The molecule has 4 rings (SSSR count). The van der Waals surface area contributed by atoms with E-state index in [4.69, 9.17) is 13.9 Å². The number of nitrogens with one attached hydrogen (secondary N) is 2. The third-order valence-electron chi connectivity index (χ3n) is 4.46. The molecule has 0 aliphatic carbocycles. The van der Waals surface area contributed by atoms with Crippen LogP contribution in [0.1, 0.15) is 16.1 Å². The van der Waals surface area contributed by atoms with Gasteiger partial charge in [0.25, 0.3) is 5.91 Å². The highest BCUT2D eigenvalue weighted by Gasteiger charge is 2.24. The highest BCUT2D eigenvalue weighted by molar-refractivity contribution is 6.00. The summed E-state index contributed by atoms with van der Waals surface area (Å²) < 4.78 is 16.2. The highest BCUT2D eigenvalue weighted by atomic mass is 16.6. The smallest absolute Gasteiger partial charge is 0.287 e. The van der Waals surface area contributed by atoms with Crippen molar-refractivity contribution in [1.29, 1.82) is 0 Å². The van der Waals surface area contributed by atoms with Gasteiger partial charge < -0.3 is 24.5 Å². The molecule has 2 amide bonds. The van der Waals surface area contributed by atoms with Crippen LogP contribution in [0.25, 0.3) is 0 Å². The summed E-state index contributed by atoms with van der Waals surface area (Å²) in [6.07, 6.45) is 1.75. The second-order valence-corrected chi connectivity index (χ2v) is 6.54. The molecule has 1 aliphatic heterocycles. The van der Waals surface area contributed by atoms with Crippen LogP contribution in [-0.4, -0.2) is 31.1 Å². The SMILES string of the molecule is O=C(N[C@H](Cc1ccccc1)C(=O)Nc1ccc2c(c1)OCCO2)c1ccco1. The van der Waals surface area contributed by atoms with Crippen molar-refractivity contribution in [1.82, 2.24) is 5.32 Å².